The first kappa shape index (κ1) is 18.2. The first-order chi connectivity index (χ1) is 12.1. The van der Waals surface area contributed by atoms with Gasteiger partial charge in [-0.05, 0) is 36.4 Å². The average Bonchev–Trinajstić information content (AvgIpc) is 2.61. The van der Waals surface area contributed by atoms with Crippen molar-refractivity contribution in [2.24, 2.45) is 0 Å². The van der Waals surface area contributed by atoms with Crippen molar-refractivity contribution in [2.45, 2.75) is 12.5 Å². The number of amides is 1. The molecule has 0 aliphatic rings. The molecule has 0 saturated heterocycles. The maximum absolute atomic E-state index is 12.0. The highest BCUT2D eigenvalue weighted by Gasteiger charge is 2.20. The fourth-order valence-electron chi connectivity index (χ4n) is 2.10. The number of hydrogen-bond acceptors (Lipinski definition) is 4. The zero-order chi connectivity index (χ0) is 18.1. The van der Waals surface area contributed by atoms with Crippen LogP contribution in [0.25, 0.3) is 0 Å². The Morgan fingerprint density at radius 3 is 2.32 bits per heavy atom. The minimum Gasteiger partial charge on any atom is -0.480 e. The fourth-order valence-corrected chi connectivity index (χ4v) is 2.10. The van der Waals surface area contributed by atoms with Crippen molar-refractivity contribution in [2.75, 3.05) is 11.9 Å². The van der Waals surface area contributed by atoms with E-state index in [1.807, 2.05) is 30.3 Å². The average molecular weight is 340 g/mol. The van der Waals surface area contributed by atoms with E-state index in [9.17, 15) is 9.59 Å². The van der Waals surface area contributed by atoms with Gasteiger partial charge in [0.25, 0.3) is 0 Å². The Hall–Kier alpha value is -3.12. The van der Waals surface area contributed by atoms with Gasteiger partial charge in [-0.15, -0.1) is 6.58 Å². The lowest BCUT2D eigenvalue weighted by molar-refractivity contribution is -0.140. The summed E-state index contributed by atoms with van der Waals surface area (Å²) in [7, 11) is 0. The van der Waals surface area contributed by atoms with Gasteiger partial charge < -0.3 is 20.5 Å². The summed E-state index contributed by atoms with van der Waals surface area (Å²) >= 11 is 0. The Morgan fingerprint density at radius 1 is 1.08 bits per heavy atom. The van der Waals surface area contributed by atoms with Crippen molar-refractivity contribution in [1.29, 1.82) is 0 Å². The van der Waals surface area contributed by atoms with E-state index in [0.717, 1.165) is 5.75 Å². The Labute approximate surface area is 146 Å². The third-order valence-corrected chi connectivity index (χ3v) is 3.31. The van der Waals surface area contributed by atoms with Crippen LogP contribution < -0.4 is 15.4 Å². The zero-order valence-corrected chi connectivity index (χ0v) is 13.6. The van der Waals surface area contributed by atoms with E-state index in [1.54, 1.807) is 30.3 Å². The molecule has 130 valence electrons. The maximum Gasteiger partial charge on any atom is 0.321 e. The standard InChI is InChI=1S/C19H20N2O4/c1-2-12-20-17(19(23)24)13-18(22)21-14-8-10-16(11-9-14)25-15-6-4-3-5-7-15/h2-11,17,20H,1,12-13H2,(H,21,22)(H,23,24)/t17-/m0/s1. The number of carboxylic acids is 1. The number of carboxylic acid groups (broad SMARTS) is 1. The molecule has 6 nitrogen and oxygen atoms in total. The van der Waals surface area contributed by atoms with Gasteiger partial charge in [-0.1, -0.05) is 24.3 Å². The summed E-state index contributed by atoms with van der Waals surface area (Å²) in [6, 6.07) is 15.2. The summed E-state index contributed by atoms with van der Waals surface area (Å²) in [5, 5.41) is 14.5. The summed E-state index contributed by atoms with van der Waals surface area (Å²) in [6.45, 7) is 3.82. The first-order valence-corrected chi connectivity index (χ1v) is 7.78. The van der Waals surface area contributed by atoms with Crippen LogP contribution >= 0.6 is 0 Å². The predicted octanol–water partition coefficient (Wildman–Crippen LogP) is 3.04. The van der Waals surface area contributed by atoms with E-state index in [4.69, 9.17) is 9.84 Å². The van der Waals surface area contributed by atoms with E-state index in [2.05, 4.69) is 17.2 Å². The van der Waals surface area contributed by atoms with Crippen molar-refractivity contribution in [3.8, 4) is 11.5 Å². The third kappa shape index (κ3) is 6.12. The third-order valence-electron chi connectivity index (χ3n) is 3.31. The maximum atomic E-state index is 12.0. The molecule has 0 heterocycles. The van der Waals surface area contributed by atoms with Gasteiger partial charge in [0.15, 0.2) is 0 Å². The van der Waals surface area contributed by atoms with Crippen LogP contribution in [0.3, 0.4) is 0 Å². The Morgan fingerprint density at radius 2 is 1.72 bits per heavy atom. The molecule has 0 unspecified atom stereocenters. The number of hydrogen-bond donors (Lipinski definition) is 3. The molecule has 2 rings (SSSR count). The van der Waals surface area contributed by atoms with Gasteiger partial charge in [0.05, 0.1) is 6.42 Å². The van der Waals surface area contributed by atoms with Gasteiger partial charge in [-0.25, -0.2) is 0 Å². The van der Waals surface area contributed by atoms with E-state index in [1.165, 1.54) is 0 Å². The monoisotopic (exact) mass is 340 g/mol. The number of carbonyl (C=O) groups is 2. The Kier molecular flexibility index (Phi) is 6.74. The highest BCUT2D eigenvalue weighted by atomic mass is 16.5. The van der Waals surface area contributed by atoms with Crippen LogP contribution in [0.15, 0.2) is 67.3 Å². The fraction of sp³-hybridized carbons (Fsp3) is 0.158. The smallest absolute Gasteiger partial charge is 0.321 e. The molecule has 25 heavy (non-hydrogen) atoms. The molecule has 1 atom stereocenters. The Bertz CT molecular complexity index is 714. The molecule has 6 heteroatoms. The number of ether oxygens (including phenoxy) is 1. The lowest BCUT2D eigenvalue weighted by atomic mass is 10.2. The number of benzene rings is 2. The number of rotatable bonds is 9. The van der Waals surface area contributed by atoms with Gasteiger partial charge in [-0.3, -0.25) is 9.59 Å². The molecule has 0 aliphatic heterocycles. The number of anilines is 1. The molecule has 1 amide bonds. The lowest BCUT2D eigenvalue weighted by Crippen LogP contribution is -2.39. The van der Waals surface area contributed by atoms with E-state index in [0.29, 0.717) is 18.0 Å². The van der Waals surface area contributed by atoms with Gasteiger partial charge in [0, 0.05) is 12.2 Å². The van der Waals surface area contributed by atoms with E-state index < -0.39 is 12.0 Å². The molecule has 0 bridgehead atoms. The number of aliphatic carboxylic acids is 1. The quantitative estimate of drug-likeness (QED) is 0.611. The molecular formula is C19H20N2O4. The number of para-hydroxylation sites is 1. The highest BCUT2D eigenvalue weighted by molar-refractivity contribution is 5.94. The predicted molar refractivity (Wildman–Crippen MR) is 95.8 cm³/mol. The zero-order valence-electron chi connectivity index (χ0n) is 13.6. The van der Waals surface area contributed by atoms with Crippen molar-refractivity contribution in [3.05, 3.63) is 67.3 Å². The molecule has 3 N–H and O–H groups in total. The van der Waals surface area contributed by atoms with Crippen LogP contribution in [0.2, 0.25) is 0 Å². The van der Waals surface area contributed by atoms with Crippen molar-refractivity contribution >= 4 is 17.6 Å². The summed E-state index contributed by atoms with van der Waals surface area (Å²) < 4.78 is 5.67. The van der Waals surface area contributed by atoms with E-state index in [-0.39, 0.29) is 12.3 Å². The lowest BCUT2D eigenvalue weighted by Gasteiger charge is -2.13. The Balaban J connectivity index is 1.90. The molecule has 0 saturated carbocycles. The SMILES string of the molecule is C=CCN[C@@H](CC(=O)Nc1ccc(Oc2ccccc2)cc1)C(=O)O. The number of carbonyl (C=O) groups excluding carboxylic acids is 1. The van der Waals surface area contributed by atoms with Crippen LogP contribution in [-0.2, 0) is 9.59 Å². The first-order valence-electron chi connectivity index (χ1n) is 7.78. The van der Waals surface area contributed by atoms with Crippen LogP contribution in [0, 0.1) is 0 Å². The second kappa shape index (κ2) is 9.24. The van der Waals surface area contributed by atoms with Crippen molar-refractivity contribution in [1.82, 2.24) is 5.32 Å². The highest BCUT2D eigenvalue weighted by Crippen LogP contribution is 2.22. The summed E-state index contributed by atoms with van der Waals surface area (Å²) in [4.78, 5) is 23.1. The van der Waals surface area contributed by atoms with E-state index >= 15 is 0 Å². The van der Waals surface area contributed by atoms with Crippen LogP contribution in [0.4, 0.5) is 5.69 Å². The minimum absolute atomic E-state index is 0.175. The summed E-state index contributed by atoms with van der Waals surface area (Å²) in [5.41, 5.74) is 0.568. The van der Waals surface area contributed by atoms with Gasteiger partial charge >= 0.3 is 5.97 Å². The normalized spacial score (nSPS) is 11.4. The molecular weight excluding hydrogens is 320 g/mol. The number of nitrogens with one attached hydrogen (secondary N) is 2. The summed E-state index contributed by atoms with van der Waals surface area (Å²) in [5.74, 6) is -0.110. The van der Waals surface area contributed by atoms with Crippen molar-refractivity contribution < 1.29 is 19.4 Å². The molecule has 0 spiro atoms. The molecule has 0 fully saturated rings. The van der Waals surface area contributed by atoms with Crippen LogP contribution in [0.1, 0.15) is 6.42 Å². The molecule has 2 aromatic carbocycles. The second-order valence-electron chi connectivity index (χ2n) is 5.28. The second-order valence-corrected chi connectivity index (χ2v) is 5.28. The minimum atomic E-state index is -1.08. The van der Waals surface area contributed by atoms with Gasteiger partial charge in [-0.2, -0.15) is 0 Å². The topological polar surface area (TPSA) is 87.7 Å². The van der Waals surface area contributed by atoms with Gasteiger partial charge in [0.2, 0.25) is 5.91 Å². The summed E-state index contributed by atoms with van der Waals surface area (Å²) in [6.07, 6.45) is 1.37. The van der Waals surface area contributed by atoms with Crippen molar-refractivity contribution in [3.63, 3.8) is 0 Å². The molecule has 2 aromatic rings. The molecule has 0 aliphatic carbocycles. The molecule has 0 aromatic heterocycles. The van der Waals surface area contributed by atoms with Gasteiger partial charge in [0.1, 0.15) is 17.5 Å². The largest absolute Gasteiger partial charge is 0.480 e. The van der Waals surface area contributed by atoms with Crippen LogP contribution in [-0.4, -0.2) is 29.6 Å². The molecule has 0 radical (unpaired) electrons. The van der Waals surface area contributed by atoms with Crippen LogP contribution in [0.5, 0.6) is 11.5 Å².